The number of nitrogens with zero attached hydrogens (tertiary/aromatic N) is 2. The van der Waals surface area contributed by atoms with Crippen LogP contribution in [0.3, 0.4) is 0 Å². The number of hydrogen-bond donors (Lipinski definition) is 0. The summed E-state index contributed by atoms with van der Waals surface area (Å²) in [6.07, 6.45) is 2.54. The van der Waals surface area contributed by atoms with Gasteiger partial charge in [-0.15, -0.1) is 0 Å². The van der Waals surface area contributed by atoms with Crippen LogP contribution in [0.2, 0.25) is 0 Å². The number of likely N-dealkylation sites (N-methyl/N-ethyl adjacent to an activating group) is 2. The minimum atomic E-state index is 0.0226. The first-order valence-electron chi connectivity index (χ1n) is 14.4. The highest BCUT2D eigenvalue weighted by Gasteiger charge is 2.34. The summed E-state index contributed by atoms with van der Waals surface area (Å²) in [6.45, 7) is 3.69. The van der Waals surface area contributed by atoms with Crippen LogP contribution in [0.5, 0.6) is 40.2 Å². The summed E-state index contributed by atoms with van der Waals surface area (Å²) in [5.74, 6) is 4.92. The topological polar surface area (TPSA) is 60.5 Å². The fraction of sp³-hybridized carbons (Fsp3) is 0.286. The third-order valence-electron chi connectivity index (χ3n) is 8.64. The molecule has 0 radical (unpaired) electrons. The van der Waals surface area contributed by atoms with Crippen molar-refractivity contribution >= 4 is 5.91 Å². The fourth-order valence-electron chi connectivity index (χ4n) is 6.22. The van der Waals surface area contributed by atoms with Crippen molar-refractivity contribution in [3.05, 3.63) is 100 Å². The molecule has 3 aliphatic heterocycles. The van der Waals surface area contributed by atoms with Crippen LogP contribution in [0, 0.1) is 6.92 Å². The molecule has 7 heteroatoms. The zero-order valence-corrected chi connectivity index (χ0v) is 24.4. The Bertz CT molecular complexity index is 1700. The average molecular weight is 563 g/mol. The van der Waals surface area contributed by atoms with Crippen LogP contribution in [0.4, 0.5) is 0 Å². The van der Waals surface area contributed by atoms with E-state index in [2.05, 4.69) is 30.1 Å². The lowest BCUT2D eigenvalue weighted by Gasteiger charge is -2.37. The first-order chi connectivity index (χ1) is 20.4. The van der Waals surface area contributed by atoms with E-state index in [0.717, 1.165) is 59.7 Å². The summed E-state index contributed by atoms with van der Waals surface area (Å²) in [5.41, 5.74) is 6.42. The van der Waals surface area contributed by atoms with E-state index in [-0.39, 0.29) is 11.9 Å². The Labute approximate surface area is 246 Å². The van der Waals surface area contributed by atoms with Crippen molar-refractivity contribution in [1.82, 2.24) is 9.80 Å². The highest BCUT2D eigenvalue weighted by Crippen LogP contribution is 2.52. The Balaban J connectivity index is 1.17. The first-order valence-corrected chi connectivity index (χ1v) is 14.4. The van der Waals surface area contributed by atoms with Crippen molar-refractivity contribution in [2.45, 2.75) is 32.2 Å². The van der Waals surface area contributed by atoms with E-state index in [9.17, 15) is 4.79 Å². The third kappa shape index (κ3) is 4.64. The molecule has 3 aliphatic rings. The van der Waals surface area contributed by atoms with Gasteiger partial charge in [0, 0.05) is 37.3 Å². The number of methoxy groups -OCH3 is 1. The molecule has 0 unspecified atom stereocenters. The molecular weight excluding hydrogens is 528 g/mol. The van der Waals surface area contributed by atoms with Crippen LogP contribution < -0.4 is 18.9 Å². The Kier molecular flexibility index (Phi) is 6.54. The number of hydrogen-bond acceptors (Lipinski definition) is 6. The highest BCUT2D eigenvalue weighted by molar-refractivity contribution is 5.97. The molecule has 0 fully saturated rings. The number of amides is 1. The molecule has 4 aromatic rings. The van der Waals surface area contributed by atoms with Gasteiger partial charge in [-0.25, -0.2) is 0 Å². The van der Waals surface area contributed by atoms with E-state index in [0.29, 0.717) is 35.1 Å². The SMILES string of the molecule is COc1ccc(C)cc1Oc1ccc(C[C@H]2c3c(ccc4c3Oc3cc5c(cc3O4)CCN(C)C5=O)CCN2C)cc1. The largest absolute Gasteiger partial charge is 0.493 e. The van der Waals surface area contributed by atoms with E-state index in [1.165, 1.54) is 11.1 Å². The predicted octanol–water partition coefficient (Wildman–Crippen LogP) is 7.09. The highest BCUT2D eigenvalue weighted by atomic mass is 16.6. The molecule has 7 rings (SSSR count). The van der Waals surface area contributed by atoms with E-state index < -0.39 is 0 Å². The lowest BCUT2D eigenvalue weighted by Crippen LogP contribution is -2.34. The van der Waals surface area contributed by atoms with Gasteiger partial charge in [0.05, 0.1) is 7.11 Å². The summed E-state index contributed by atoms with van der Waals surface area (Å²) in [6, 6.07) is 22.3. The van der Waals surface area contributed by atoms with Crippen molar-refractivity contribution in [3.8, 4) is 40.2 Å². The second-order valence-corrected chi connectivity index (χ2v) is 11.5. The van der Waals surface area contributed by atoms with Crippen LogP contribution in [-0.4, -0.2) is 50.0 Å². The van der Waals surface area contributed by atoms with Crippen molar-refractivity contribution in [2.24, 2.45) is 0 Å². The third-order valence-corrected chi connectivity index (χ3v) is 8.64. The van der Waals surface area contributed by atoms with Crippen LogP contribution in [0.1, 0.15) is 44.2 Å². The summed E-state index contributed by atoms with van der Waals surface area (Å²) in [7, 11) is 5.65. The van der Waals surface area contributed by atoms with Crippen molar-refractivity contribution < 1.29 is 23.7 Å². The normalized spacial score (nSPS) is 17.3. The fourth-order valence-corrected chi connectivity index (χ4v) is 6.22. The van der Waals surface area contributed by atoms with E-state index in [4.69, 9.17) is 18.9 Å². The molecule has 0 N–H and O–H groups in total. The van der Waals surface area contributed by atoms with Gasteiger partial charge in [0.1, 0.15) is 5.75 Å². The van der Waals surface area contributed by atoms with Gasteiger partial charge in [-0.2, -0.15) is 0 Å². The Morgan fingerprint density at radius 3 is 2.43 bits per heavy atom. The van der Waals surface area contributed by atoms with Gasteiger partial charge < -0.3 is 23.8 Å². The molecule has 0 bridgehead atoms. The van der Waals surface area contributed by atoms with Crippen LogP contribution in [-0.2, 0) is 19.3 Å². The molecule has 3 heterocycles. The number of ether oxygens (including phenoxy) is 4. The molecule has 0 aromatic heterocycles. The number of carbonyl (C=O) groups excluding carboxylic acids is 1. The van der Waals surface area contributed by atoms with Gasteiger partial charge in [-0.05, 0) is 98.0 Å². The summed E-state index contributed by atoms with van der Waals surface area (Å²) in [4.78, 5) is 17.0. The van der Waals surface area contributed by atoms with E-state index >= 15 is 0 Å². The molecule has 0 aliphatic carbocycles. The number of carbonyl (C=O) groups is 1. The quantitative estimate of drug-likeness (QED) is 0.228. The minimum absolute atomic E-state index is 0.0226. The molecule has 1 amide bonds. The molecule has 7 nitrogen and oxygen atoms in total. The van der Waals surface area contributed by atoms with E-state index in [1.807, 2.05) is 62.5 Å². The minimum Gasteiger partial charge on any atom is -0.493 e. The first kappa shape index (κ1) is 26.4. The van der Waals surface area contributed by atoms with Crippen LogP contribution in [0.15, 0.2) is 66.7 Å². The monoisotopic (exact) mass is 562 g/mol. The lowest BCUT2D eigenvalue weighted by molar-refractivity contribution is 0.0780. The smallest absolute Gasteiger partial charge is 0.254 e. The van der Waals surface area contributed by atoms with Gasteiger partial charge in [-0.3, -0.25) is 9.69 Å². The Morgan fingerprint density at radius 1 is 0.833 bits per heavy atom. The maximum absolute atomic E-state index is 12.9. The maximum atomic E-state index is 12.9. The zero-order valence-electron chi connectivity index (χ0n) is 24.4. The molecule has 214 valence electrons. The summed E-state index contributed by atoms with van der Waals surface area (Å²) in [5, 5.41) is 0. The predicted molar refractivity (Wildman–Crippen MR) is 161 cm³/mol. The number of aryl methyl sites for hydroxylation is 1. The maximum Gasteiger partial charge on any atom is 0.254 e. The second-order valence-electron chi connectivity index (χ2n) is 11.5. The number of benzene rings is 4. The van der Waals surface area contributed by atoms with Crippen molar-refractivity contribution in [2.75, 3.05) is 34.3 Å². The van der Waals surface area contributed by atoms with Gasteiger partial charge in [-0.1, -0.05) is 24.3 Å². The second kappa shape index (κ2) is 10.4. The molecule has 1 atom stereocenters. The molecule has 0 saturated carbocycles. The Hall–Kier alpha value is -4.49. The average Bonchev–Trinajstić information content (AvgIpc) is 2.99. The van der Waals surface area contributed by atoms with Gasteiger partial charge >= 0.3 is 0 Å². The number of rotatable bonds is 5. The van der Waals surface area contributed by atoms with Gasteiger partial charge in [0.25, 0.3) is 5.91 Å². The summed E-state index contributed by atoms with van der Waals surface area (Å²) >= 11 is 0. The van der Waals surface area contributed by atoms with Gasteiger partial charge in [0.2, 0.25) is 0 Å². The van der Waals surface area contributed by atoms with E-state index in [1.54, 1.807) is 12.0 Å². The molecule has 0 saturated heterocycles. The van der Waals surface area contributed by atoms with Crippen molar-refractivity contribution in [1.29, 1.82) is 0 Å². The number of fused-ring (bicyclic) bond motifs is 5. The summed E-state index contributed by atoms with van der Waals surface area (Å²) < 4.78 is 24.7. The standard InChI is InChI=1S/C35H34N2O5/c1-21-5-11-28(39-4)30(17-21)40-25-9-6-22(7-10-25)18-27-33-23(13-15-36(27)2)8-12-29-34(33)42-32-20-26-24(19-31(32)41-29)14-16-37(3)35(26)38/h5-12,17,19-20,27H,13-16,18H2,1-4H3/t27-/m0/s1. The van der Waals surface area contributed by atoms with Crippen LogP contribution in [0.25, 0.3) is 0 Å². The van der Waals surface area contributed by atoms with Crippen LogP contribution >= 0.6 is 0 Å². The zero-order chi connectivity index (χ0) is 29.0. The van der Waals surface area contributed by atoms with Crippen molar-refractivity contribution in [3.63, 3.8) is 0 Å². The molecular formula is C35H34N2O5. The molecule has 42 heavy (non-hydrogen) atoms. The molecule has 4 aromatic carbocycles. The van der Waals surface area contributed by atoms with Gasteiger partial charge in [0.15, 0.2) is 34.5 Å². The Morgan fingerprint density at radius 2 is 1.62 bits per heavy atom. The lowest BCUT2D eigenvalue weighted by atomic mass is 9.87. The molecule has 0 spiro atoms.